The van der Waals surface area contributed by atoms with E-state index in [1.54, 1.807) is 0 Å². The number of rotatable bonds is 2. The highest BCUT2D eigenvalue weighted by Gasteiger charge is 2.36. The number of nitrogens with one attached hydrogen (secondary N) is 1. The molecular weight excluding hydrogens is 205 g/mol. The lowest BCUT2D eigenvalue weighted by molar-refractivity contribution is -0.124. The summed E-state index contributed by atoms with van der Waals surface area (Å²) in [7, 11) is 0. The molecule has 0 aromatic rings. The molecule has 14 heavy (non-hydrogen) atoms. The number of amides is 1. The van der Waals surface area contributed by atoms with Crippen molar-refractivity contribution in [3.63, 3.8) is 0 Å². The predicted octanol–water partition coefficient (Wildman–Crippen LogP) is 2.22. The molecule has 0 radical (unpaired) electrons. The molecule has 0 heterocycles. The van der Waals surface area contributed by atoms with Crippen LogP contribution in [0.3, 0.4) is 0 Å². The SMILES string of the molecule is O=C(NC1CCC2CCC1C2)C(F)Cl. The molecule has 2 fully saturated rings. The minimum atomic E-state index is -1.89. The lowest BCUT2D eigenvalue weighted by Gasteiger charge is -2.29. The van der Waals surface area contributed by atoms with Crippen LogP contribution in [0.15, 0.2) is 0 Å². The van der Waals surface area contributed by atoms with Gasteiger partial charge in [0.1, 0.15) is 0 Å². The number of carbonyl (C=O) groups excluding carboxylic acids is 1. The van der Waals surface area contributed by atoms with Gasteiger partial charge in [-0.25, -0.2) is 4.39 Å². The molecule has 80 valence electrons. The standard InChI is InChI=1S/C10H15ClFNO/c11-9(12)10(14)13-8-4-2-6-1-3-7(8)5-6/h6-9H,1-5H2,(H,13,14). The van der Waals surface area contributed by atoms with Crippen LogP contribution >= 0.6 is 11.6 Å². The van der Waals surface area contributed by atoms with Crippen LogP contribution in [-0.2, 0) is 4.79 Å². The van der Waals surface area contributed by atoms with Crippen LogP contribution in [0.4, 0.5) is 4.39 Å². The van der Waals surface area contributed by atoms with Gasteiger partial charge in [-0.1, -0.05) is 18.0 Å². The maximum atomic E-state index is 12.4. The van der Waals surface area contributed by atoms with E-state index in [0.29, 0.717) is 5.92 Å². The lowest BCUT2D eigenvalue weighted by atomic mass is 9.85. The Kier molecular flexibility index (Phi) is 2.96. The van der Waals surface area contributed by atoms with Crippen molar-refractivity contribution in [3.8, 4) is 0 Å². The van der Waals surface area contributed by atoms with Crippen LogP contribution in [0.2, 0.25) is 0 Å². The first kappa shape index (κ1) is 10.2. The molecule has 2 bridgehead atoms. The highest BCUT2D eigenvalue weighted by atomic mass is 35.5. The molecule has 1 amide bonds. The highest BCUT2D eigenvalue weighted by Crippen LogP contribution is 2.41. The first-order valence-electron chi connectivity index (χ1n) is 5.25. The van der Waals surface area contributed by atoms with Gasteiger partial charge in [-0.3, -0.25) is 4.79 Å². The quantitative estimate of drug-likeness (QED) is 0.709. The van der Waals surface area contributed by atoms with Gasteiger partial charge in [-0.15, -0.1) is 0 Å². The fourth-order valence-corrected chi connectivity index (χ4v) is 2.89. The van der Waals surface area contributed by atoms with Crippen molar-refractivity contribution in [1.82, 2.24) is 5.32 Å². The van der Waals surface area contributed by atoms with Gasteiger partial charge < -0.3 is 5.32 Å². The summed E-state index contributed by atoms with van der Waals surface area (Å²) in [4.78, 5) is 11.1. The molecular formula is C10H15ClFNO. The van der Waals surface area contributed by atoms with Gasteiger partial charge in [-0.05, 0) is 37.5 Å². The lowest BCUT2D eigenvalue weighted by Crippen LogP contribution is -2.43. The topological polar surface area (TPSA) is 29.1 Å². The zero-order valence-corrected chi connectivity index (χ0v) is 8.77. The monoisotopic (exact) mass is 219 g/mol. The second-order valence-corrected chi connectivity index (χ2v) is 4.82. The molecule has 0 aromatic carbocycles. The van der Waals surface area contributed by atoms with E-state index < -0.39 is 11.5 Å². The van der Waals surface area contributed by atoms with Gasteiger partial charge in [0, 0.05) is 6.04 Å². The van der Waals surface area contributed by atoms with Crippen LogP contribution in [0.1, 0.15) is 32.1 Å². The smallest absolute Gasteiger partial charge is 0.270 e. The zero-order chi connectivity index (χ0) is 10.1. The summed E-state index contributed by atoms with van der Waals surface area (Å²) in [6.45, 7) is 0. The largest absolute Gasteiger partial charge is 0.349 e. The molecule has 0 aromatic heterocycles. The minimum absolute atomic E-state index is 0.165. The third kappa shape index (κ3) is 2.02. The van der Waals surface area contributed by atoms with Crippen molar-refractivity contribution < 1.29 is 9.18 Å². The third-order valence-electron chi connectivity index (χ3n) is 3.56. The zero-order valence-electron chi connectivity index (χ0n) is 8.01. The number of carbonyl (C=O) groups is 1. The van der Waals surface area contributed by atoms with Gasteiger partial charge in [0.05, 0.1) is 0 Å². The van der Waals surface area contributed by atoms with Gasteiger partial charge in [0.25, 0.3) is 11.5 Å². The van der Waals surface area contributed by atoms with Crippen molar-refractivity contribution in [1.29, 1.82) is 0 Å². The van der Waals surface area contributed by atoms with Crippen LogP contribution in [0.5, 0.6) is 0 Å². The fourth-order valence-electron chi connectivity index (χ4n) is 2.83. The van der Waals surface area contributed by atoms with E-state index in [9.17, 15) is 9.18 Å². The van der Waals surface area contributed by atoms with Crippen LogP contribution in [0.25, 0.3) is 0 Å². The normalized spacial score (nSPS) is 38.0. The molecule has 4 unspecified atom stereocenters. The molecule has 2 saturated carbocycles. The first-order chi connectivity index (χ1) is 6.66. The summed E-state index contributed by atoms with van der Waals surface area (Å²) < 4.78 is 12.4. The summed E-state index contributed by atoms with van der Waals surface area (Å²) in [5.74, 6) is 0.750. The van der Waals surface area contributed by atoms with Gasteiger partial charge in [-0.2, -0.15) is 0 Å². The Morgan fingerprint density at radius 3 is 2.79 bits per heavy atom. The Hall–Kier alpha value is -0.310. The summed E-state index contributed by atoms with van der Waals surface area (Å²) in [6.07, 6.45) is 5.81. The van der Waals surface area contributed by atoms with Crippen LogP contribution in [0, 0.1) is 11.8 Å². The molecule has 2 nitrogen and oxygen atoms in total. The van der Waals surface area contributed by atoms with E-state index >= 15 is 0 Å². The van der Waals surface area contributed by atoms with Crippen LogP contribution in [-0.4, -0.2) is 17.6 Å². The van der Waals surface area contributed by atoms with Crippen molar-refractivity contribution in [2.75, 3.05) is 0 Å². The molecule has 0 spiro atoms. The van der Waals surface area contributed by atoms with Crippen molar-refractivity contribution in [3.05, 3.63) is 0 Å². The third-order valence-corrected chi connectivity index (χ3v) is 3.76. The van der Waals surface area contributed by atoms with E-state index in [1.807, 2.05) is 0 Å². The second-order valence-electron chi connectivity index (χ2n) is 4.43. The molecule has 4 atom stereocenters. The Balaban J connectivity index is 1.89. The van der Waals surface area contributed by atoms with E-state index in [4.69, 9.17) is 11.6 Å². The highest BCUT2D eigenvalue weighted by molar-refractivity contribution is 6.29. The molecule has 4 heteroatoms. The molecule has 0 saturated heterocycles. The van der Waals surface area contributed by atoms with Gasteiger partial charge >= 0.3 is 0 Å². The molecule has 2 aliphatic carbocycles. The van der Waals surface area contributed by atoms with E-state index in [2.05, 4.69) is 5.32 Å². The Labute approximate surface area is 88.2 Å². The van der Waals surface area contributed by atoms with Crippen molar-refractivity contribution in [2.24, 2.45) is 11.8 Å². The van der Waals surface area contributed by atoms with Gasteiger partial charge in [0.15, 0.2) is 0 Å². The van der Waals surface area contributed by atoms with Crippen LogP contribution < -0.4 is 5.32 Å². The number of hydrogen-bond donors (Lipinski definition) is 1. The molecule has 2 aliphatic rings. The first-order valence-corrected chi connectivity index (χ1v) is 5.69. The molecule has 1 N–H and O–H groups in total. The van der Waals surface area contributed by atoms with E-state index in [1.165, 1.54) is 25.7 Å². The number of halogens is 2. The van der Waals surface area contributed by atoms with E-state index in [-0.39, 0.29) is 6.04 Å². The Bertz CT molecular complexity index is 234. The number of fused-ring (bicyclic) bond motifs is 2. The van der Waals surface area contributed by atoms with E-state index in [0.717, 1.165) is 12.3 Å². The van der Waals surface area contributed by atoms with Crippen molar-refractivity contribution >= 4 is 17.5 Å². The fraction of sp³-hybridized carbons (Fsp3) is 0.900. The Morgan fingerprint density at radius 2 is 2.07 bits per heavy atom. The number of hydrogen-bond acceptors (Lipinski definition) is 1. The maximum Gasteiger partial charge on any atom is 0.270 e. The predicted molar refractivity (Wildman–Crippen MR) is 52.7 cm³/mol. The van der Waals surface area contributed by atoms with Crippen molar-refractivity contribution in [2.45, 2.75) is 43.8 Å². The molecule has 0 aliphatic heterocycles. The summed E-state index contributed by atoms with van der Waals surface area (Å²) in [5, 5.41) is 2.70. The summed E-state index contributed by atoms with van der Waals surface area (Å²) in [5.41, 5.74) is -1.89. The Morgan fingerprint density at radius 1 is 1.36 bits per heavy atom. The summed E-state index contributed by atoms with van der Waals surface area (Å²) >= 11 is 5.07. The second kappa shape index (κ2) is 4.05. The average Bonchev–Trinajstić information content (AvgIpc) is 2.53. The number of alkyl halides is 2. The summed E-state index contributed by atoms with van der Waals surface area (Å²) in [6, 6.07) is 0.165. The molecule has 2 rings (SSSR count). The minimum Gasteiger partial charge on any atom is -0.349 e. The maximum absolute atomic E-state index is 12.4. The average molecular weight is 220 g/mol. The van der Waals surface area contributed by atoms with Gasteiger partial charge in [0.2, 0.25) is 0 Å².